The number of phenols is 1. The predicted octanol–water partition coefficient (Wildman–Crippen LogP) is 3.23. The van der Waals surface area contributed by atoms with Crippen molar-refractivity contribution in [3.05, 3.63) is 42.5 Å². The molecule has 0 heterocycles. The van der Waals surface area contributed by atoms with Gasteiger partial charge in [-0.1, -0.05) is 30.3 Å². The van der Waals surface area contributed by atoms with Crippen LogP contribution in [0.4, 0.5) is 0 Å². The standard InChI is InChI=1S/C10H8O.ClH.Zr/c11-10-6-5-8-3-1-2-4-9(8)7-10;;/h1-7,11H;1H;/q;;+1/p-1. The van der Waals surface area contributed by atoms with Crippen LogP contribution in [-0.4, -0.2) is 5.11 Å². The van der Waals surface area contributed by atoms with E-state index in [-0.39, 0.29) is 0 Å². The van der Waals surface area contributed by atoms with Crippen molar-refractivity contribution in [2.45, 2.75) is 0 Å². The molecular formula is C10H8ClOZr. The van der Waals surface area contributed by atoms with Gasteiger partial charge in [-0.3, -0.25) is 0 Å². The van der Waals surface area contributed by atoms with E-state index in [1.165, 1.54) is 0 Å². The van der Waals surface area contributed by atoms with Crippen molar-refractivity contribution in [2.24, 2.45) is 0 Å². The van der Waals surface area contributed by atoms with E-state index in [1.807, 2.05) is 30.3 Å². The Hall–Kier alpha value is -0.327. The van der Waals surface area contributed by atoms with Gasteiger partial charge in [0.15, 0.2) is 0 Å². The van der Waals surface area contributed by atoms with Crippen LogP contribution in [0.5, 0.6) is 5.75 Å². The van der Waals surface area contributed by atoms with Gasteiger partial charge < -0.3 is 5.11 Å². The third kappa shape index (κ3) is 2.82. The SMILES string of the molecule is Oc1ccc2ccccc2c1.[Cl][Zr]. The molecule has 0 aromatic heterocycles. The second-order valence-electron chi connectivity index (χ2n) is 2.53. The summed E-state index contributed by atoms with van der Waals surface area (Å²) in [5.74, 6) is 0.323. The van der Waals surface area contributed by atoms with Crippen LogP contribution in [0.15, 0.2) is 42.5 Å². The topological polar surface area (TPSA) is 20.2 Å². The van der Waals surface area contributed by atoms with E-state index in [0.29, 0.717) is 5.75 Å². The van der Waals surface area contributed by atoms with E-state index in [0.717, 1.165) is 34.3 Å². The van der Waals surface area contributed by atoms with Crippen molar-refractivity contribution in [3.63, 3.8) is 0 Å². The van der Waals surface area contributed by atoms with Crippen molar-refractivity contribution in [2.75, 3.05) is 0 Å². The minimum absolute atomic E-state index is 0.323. The van der Waals surface area contributed by atoms with Gasteiger partial charge in [0.2, 0.25) is 0 Å². The van der Waals surface area contributed by atoms with Crippen LogP contribution < -0.4 is 0 Å². The number of rotatable bonds is 0. The molecule has 2 aromatic rings. The molecule has 0 amide bonds. The summed E-state index contributed by atoms with van der Waals surface area (Å²) in [6.45, 7) is 0. The van der Waals surface area contributed by atoms with Gasteiger partial charge in [0.05, 0.1) is 0 Å². The van der Waals surface area contributed by atoms with Crippen LogP contribution in [0, 0.1) is 0 Å². The summed E-state index contributed by atoms with van der Waals surface area (Å²) >= 11 is 1.02. The Morgan fingerprint density at radius 1 is 0.923 bits per heavy atom. The van der Waals surface area contributed by atoms with Crippen LogP contribution in [0.1, 0.15) is 0 Å². The molecule has 0 unspecified atom stereocenters. The van der Waals surface area contributed by atoms with Gasteiger partial charge in [-0.2, -0.15) is 0 Å². The zero-order valence-corrected chi connectivity index (χ0v) is 10.1. The molecule has 0 aliphatic heterocycles. The first-order valence-corrected chi connectivity index (χ1v) is 6.89. The fourth-order valence-corrected chi connectivity index (χ4v) is 1.18. The van der Waals surface area contributed by atoms with Gasteiger partial charge in [-0.15, -0.1) is 0 Å². The molecule has 0 fully saturated rings. The molecule has 0 atom stereocenters. The average molecular weight is 271 g/mol. The first kappa shape index (κ1) is 10.8. The average Bonchev–Trinajstić information content (AvgIpc) is 2.21. The fourth-order valence-electron chi connectivity index (χ4n) is 1.18. The maximum atomic E-state index is 9.13. The maximum absolute atomic E-state index is 9.13. The molecule has 0 aliphatic carbocycles. The Labute approximate surface area is 95.7 Å². The number of hydrogen-bond donors (Lipinski definition) is 1. The number of fused-ring (bicyclic) bond motifs is 1. The molecule has 0 saturated carbocycles. The van der Waals surface area contributed by atoms with Gasteiger partial charge in [-0.05, 0) is 22.9 Å². The van der Waals surface area contributed by atoms with Crippen molar-refractivity contribution >= 4 is 19.3 Å². The Kier molecular flexibility index (Phi) is 4.48. The van der Waals surface area contributed by atoms with Crippen LogP contribution in [-0.2, 0) is 23.5 Å². The van der Waals surface area contributed by atoms with Crippen molar-refractivity contribution in [1.29, 1.82) is 0 Å². The molecular weight excluding hydrogens is 263 g/mol. The first-order valence-electron chi connectivity index (χ1n) is 3.73. The molecule has 0 radical (unpaired) electrons. The van der Waals surface area contributed by atoms with Gasteiger partial charge in [0.1, 0.15) is 5.75 Å². The van der Waals surface area contributed by atoms with Gasteiger partial charge >= 0.3 is 32.0 Å². The third-order valence-corrected chi connectivity index (χ3v) is 1.73. The summed E-state index contributed by atoms with van der Waals surface area (Å²) < 4.78 is 0. The summed E-state index contributed by atoms with van der Waals surface area (Å²) in [6.07, 6.45) is 0. The van der Waals surface area contributed by atoms with Crippen LogP contribution in [0.2, 0.25) is 0 Å². The van der Waals surface area contributed by atoms with Crippen molar-refractivity contribution in [3.8, 4) is 5.75 Å². The van der Waals surface area contributed by atoms with Gasteiger partial charge in [-0.25, -0.2) is 0 Å². The summed E-state index contributed by atoms with van der Waals surface area (Å²) in [5.41, 5.74) is 0. The van der Waals surface area contributed by atoms with Gasteiger partial charge in [0.25, 0.3) is 0 Å². The van der Waals surface area contributed by atoms with E-state index in [1.54, 1.807) is 12.1 Å². The molecule has 13 heavy (non-hydrogen) atoms. The summed E-state index contributed by atoms with van der Waals surface area (Å²) in [6, 6.07) is 13.3. The van der Waals surface area contributed by atoms with Crippen LogP contribution in [0.25, 0.3) is 10.8 Å². The molecule has 0 spiro atoms. The van der Waals surface area contributed by atoms with Crippen molar-refractivity contribution in [1.82, 2.24) is 0 Å². The molecule has 2 aromatic carbocycles. The van der Waals surface area contributed by atoms with E-state index in [9.17, 15) is 0 Å². The Morgan fingerprint density at radius 3 is 2.23 bits per heavy atom. The number of halogens is 1. The summed E-state index contributed by atoms with van der Waals surface area (Å²) in [4.78, 5) is 0. The molecule has 0 aliphatic rings. The third-order valence-electron chi connectivity index (χ3n) is 1.73. The molecule has 2 rings (SSSR count). The number of benzene rings is 2. The normalized spacial score (nSPS) is 8.92. The second kappa shape index (κ2) is 5.41. The number of hydrogen-bond acceptors (Lipinski definition) is 1. The van der Waals surface area contributed by atoms with E-state index < -0.39 is 0 Å². The molecule has 65 valence electrons. The summed E-state index contributed by atoms with van der Waals surface area (Å²) in [7, 11) is 4.73. The van der Waals surface area contributed by atoms with Crippen LogP contribution >= 0.6 is 8.51 Å². The van der Waals surface area contributed by atoms with E-state index in [2.05, 4.69) is 0 Å². The Balaban J connectivity index is 0.000000396. The molecule has 1 N–H and O–H groups in total. The van der Waals surface area contributed by atoms with Crippen LogP contribution in [0.3, 0.4) is 0 Å². The van der Waals surface area contributed by atoms with E-state index in [4.69, 9.17) is 13.6 Å². The molecule has 3 heteroatoms. The van der Waals surface area contributed by atoms with E-state index >= 15 is 0 Å². The Bertz CT molecular complexity index is 389. The monoisotopic (exact) mass is 269 g/mol. The minimum atomic E-state index is 0.323. The zero-order chi connectivity index (χ0) is 9.68. The predicted molar refractivity (Wildman–Crippen MR) is 51.5 cm³/mol. The second-order valence-corrected chi connectivity index (χ2v) is 2.53. The zero-order valence-electron chi connectivity index (χ0n) is 6.87. The Morgan fingerprint density at radius 2 is 1.54 bits per heavy atom. The molecule has 0 bridgehead atoms. The summed E-state index contributed by atoms with van der Waals surface area (Å²) in [5, 5.41) is 11.4. The fraction of sp³-hybridized carbons (Fsp3) is 0. The molecule has 0 saturated heterocycles. The van der Waals surface area contributed by atoms with Crippen molar-refractivity contribution < 1.29 is 28.6 Å². The number of aromatic hydroxyl groups is 1. The number of phenolic OH excluding ortho intramolecular Hbond substituents is 1. The quantitative estimate of drug-likeness (QED) is 0.779. The first-order chi connectivity index (χ1) is 6.36. The molecule has 1 nitrogen and oxygen atoms in total. The van der Waals surface area contributed by atoms with Gasteiger partial charge in [0, 0.05) is 0 Å².